The molecule has 1 aromatic carbocycles. The van der Waals surface area contributed by atoms with Gasteiger partial charge >= 0.3 is 0 Å². The molecular weight excluding hydrogens is 221 g/mol. The van der Waals surface area contributed by atoms with Crippen molar-refractivity contribution in [1.82, 2.24) is 0 Å². The summed E-state index contributed by atoms with van der Waals surface area (Å²) in [5, 5.41) is 9.84. The number of aliphatic hydroxyl groups is 1. The van der Waals surface area contributed by atoms with E-state index < -0.39 is 5.60 Å². The molecule has 1 rings (SSSR count). The molecule has 0 bridgehead atoms. The van der Waals surface area contributed by atoms with Crippen molar-refractivity contribution in [3.8, 4) is 5.75 Å². The molecule has 17 heavy (non-hydrogen) atoms. The van der Waals surface area contributed by atoms with E-state index in [2.05, 4.69) is 0 Å². The van der Waals surface area contributed by atoms with Gasteiger partial charge in [-0.3, -0.25) is 0 Å². The van der Waals surface area contributed by atoms with Gasteiger partial charge in [0.05, 0.1) is 5.60 Å². The number of benzene rings is 1. The van der Waals surface area contributed by atoms with Crippen LogP contribution in [0.25, 0.3) is 0 Å². The first kappa shape index (κ1) is 13.9. The van der Waals surface area contributed by atoms with Gasteiger partial charge in [0.2, 0.25) is 0 Å². The van der Waals surface area contributed by atoms with Gasteiger partial charge in [0.15, 0.2) is 0 Å². The maximum Gasteiger partial charge on any atom is 0.124 e. The van der Waals surface area contributed by atoms with Gasteiger partial charge < -0.3 is 15.6 Å². The van der Waals surface area contributed by atoms with Crippen molar-refractivity contribution >= 4 is 0 Å². The maximum atomic E-state index is 13.1. The lowest BCUT2D eigenvalue weighted by molar-refractivity contribution is 0.00808. The first-order valence-electron chi connectivity index (χ1n) is 5.76. The normalized spacial score (nSPS) is 16.4. The van der Waals surface area contributed by atoms with Gasteiger partial charge in [-0.25, -0.2) is 4.39 Å². The molecule has 0 fully saturated rings. The molecular formula is C13H20FNO2. The molecule has 0 aliphatic rings. The lowest BCUT2D eigenvalue weighted by atomic mass is 10.1. The zero-order valence-corrected chi connectivity index (χ0v) is 10.5. The molecule has 4 heteroatoms. The summed E-state index contributed by atoms with van der Waals surface area (Å²) < 4.78 is 18.6. The van der Waals surface area contributed by atoms with Gasteiger partial charge in [-0.15, -0.1) is 0 Å². The molecule has 1 unspecified atom stereocenters. The second-order valence-corrected chi connectivity index (χ2v) is 4.61. The SMILES string of the molecule is CCC(C)(O)COc1ccc(F)cc1[C@H](C)N. The first-order valence-corrected chi connectivity index (χ1v) is 5.76. The van der Waals surface area contributed by atoms with Gasteiger partial charge in [0, 0.05) is 11.6 Å². The summed E-state index contributed by atoms with van der Waals surface area (Å²) >= 11 is 0. The van der Waals surface area contributed by atoms with E-state index in [-0.39, 0.29) is 18.5 Å². The highest BCUT2D eigenvalue weighted by Gasteiger charge is 2.19. The summed E-state index contributed by atoms with van der Waals surface area (Å²) in [5.41, 5.74) is 5.47. The lowest BCUT2D eigenvalue weighted by Crippen LogP contribution is -2.31. The minimum Gasteiger partial charge on any atom is -0.490 e. The Hall–Kier alpha value is -1.13. The van der Waals surface area contributed by atoms with E-state index >= 15 is 0 Å². The summed E-state index contributed by atoms with van der Waals surface area (Å²) in [7, 11) is 0. The monoisotopic (exact) mass is 241 g/mol. The quantitative estimate of drug-likeness (QED) is 0.832. The minimum atomic E-state index is -0.885. The Morgan fingerprint density at radius 3 is 2.71 bits per heavy atom. The fraction of sp³-hybridized carbons (Fsp3) is 0.538. The fourth-order valence-corrected chi connectivity index (χ4v) is 1.34. The average molecular weight is 241 g/mol. The van der Waals surface area contributed by atoms with Gasteiger partial charge in [-0.05, 0) is 38.5 Å². The summed E-state index contributed by atoms with van der Waals surface area (Å²) in [6.07, 6.45) is 0.585. The summed E-state index contributed by atoms with van der Waals surface area (Å²) in [4.78, 5) is 0. The molecule has 0 aliphatic carbocycles. The highest BCUT2D eigenvalue weighted by Crippen LogP contribution is 2.25. The van der Waals surface area contributed by atoms with Crippen molar-refractivity contribution in [2.45, 2.75) is 38.8 Å². The molecule has 0 heterocycles. The van der Waals surface area contributed by atoms with Crippen LogP contribution >= 0.6 is 0 Å². The Labute approximate surface area is 101 Å². The summed E-state index contributed by atoms with van der Waals surface area (Å²) in [5.74, 6) is 0.182. The van der Waals surface area contributed by atoms with Crippen molar-refractivity contribution in [1.29, 1.82) is 0 Å². The zero-order valence-electron chi connectivity index (χ0n) is 10.5. The number of hydrogen-bond donors (Lipinski definition) is 2. The predicted molar refractivity (Wildman–Crippen MR) is 65.4 cm³/mol. The highest BCUT2D eigenvalue weighted by atomic mass is 19.1. The number of hydrogen-bond acceptors (Lipinski definition) is 3. The average Bonchev–Trinajstić information content (AvgIpc) is 2.27. The molecule has 0 saturated heterocycles. The molecule has 0 amide bonds. The van der Waals surface area contributed by atoms with Gasteiger partial charge in [0.25, 0.3) is 0 Å². The molecule has 3 nitrogen and oxygen atoms in total. The third kappa shape index (κ3) is 3.98. The van der Waals surface area contributed by atoms with E-state index in [0.29, 0.717) is 17.7 Å². The van der Waals surface area contributed by atoms with Crippen LogP contribution in [0.2, 0.25) is 0 Å². The van der Waals surface area contributed by atoms with E-state index in [0.717, 1.165) is 0 Å². The molecule has 0 aliphatic heterocycles. The molecule has 0 spiro atoms. The Balaban J connectivity index is 2.84. The Morgan fingerprint density at radius 1 is 1.53 bits per heavy atom. The van der Waals surface area contributed by atoms with Crippen LogP contribution in [-0.2, 0) is 0 Å². The standard InChI is InChI=1S/C13H20FNO2/c1-4-13(3,16)8-17-12-6-5-10(14)7-11(12)9(2)15/h5-7,9,16H,4,8,15H2,1-3H3/t9-,13?/m0/s1. The van der Waals surface area contributed by atoms with Crippen molar-refractivity contribution in [3.63, 3.8) is 0 Å². The third-order valence-corrected chi connectivity index (χ3v) is 2.76. The second-order valence-electron chi connectivity index (χ2n) is 4.61. The van der Waals surface area contributed by atoms with Crippen LogP contribution in [0.5, 0.6) is 5.75 Å². The topological polar surface area (TPSA) is 55.5 Å². The molecule has 3 N–H and O–H groups in total. The van der Waals surface area contributed by atoms with Crippen molar-refractivity contribution in [3.05, 3.63) is 29.6 Å². The lowest BCUT2D eigenvalue weighted by Gasteiger charge is -2.23. The van der Waals surface area contributed by atoms with Crippen LogP contribution in [0.4, 0.5) is 4.39 Å². The van der Waals surface area contributed by atoms with Crippen LogP contribution in [0, 0.1) is 5.82 Å². The van der Waals surface area contributed by atoms with E-state index in [4.69, 9.17) is 10.5 Å². The van der Waals surface area contributed by atoms with Gasteiger partial charge in [-0.1, -0.05) is 6.92 Å². The molecule has 96 valence electrons. The van der Waals surface area contributed by atoms with Crippen molar-refractivity contribution in [2.75, 3.05) is 6.61 Å². The molecule has 1 aromatic rings. The third-order valence-electron chi connectivity index (χ3n) is 2.76. The molecule has 0 saturated carbocycles. The zero-order chi connectivity index (χ0) is 13.1. The van der Waals surface area contributed by atoms with E-state index in [1.807, 2.05) is 6.92 Å². The number of nitrogens with two attached hydrogens (primary N) is 1. The van der Waals surface area contributed by atoms with Crippen LogP contribution < -0.4 is 10.5 Å². The van der Waals surface area contributed by atoms with Gasteiger partial charge in [0.1, 0.15) is 18.2 Å². The smallest absolute Gasteiger partial charge is 0.124 e. The Morgan fingerprint density at radius 2 is 2.18 bits per heavy atom. The largest absolute Gasteiger partial charge is 0.490 e. The number of ether oxygens (including phenoxy) is 1. The summed E-state index contributed by atoms with van der Waals surface area (Å²) in [6, 6.07) is 3.91. The Bertz CT molecular complexity index is 378. The van der Waals surface area contributed by atoms with E-state index in [1.54, 1.807) is 19.9 Å². The molecule has 2 atom stereocenters. The van der Waals surface area contributed by atoms with Crippen LogP contribution in [0.3, 0.4) is 0 Å². The van der Waals surface area contributed by atoms with E-state index in [1.165, 1.54) is 12.1 Å². The maximum absolute atomic E-state index is 13.1. The fourth-order valence-electron chi connectivity index (χ4n) is 1.34. The van der Waals surface area contributed by atoms with Crippen molar-refractivity contribution < 1.29 is 14.2 Å². The number of rotatable bonds is 5. The van der Waals surface area contributed by atoms with Crippen LogP contribution in [0.1, 0.15) is 38.8 Å². The predicted octanol–water partition coefficient (Wildman–Crippen LogP) is 2.39. The molecule has 0 radical (unpaired) electrons. The van der Waals surface area contributed by atoms with Crippen LogP contribution in [0.15, 0.2) is 18.2 Å². The second kappa shape index (κ2) is 5.47. The van der Waals surface area contributed by atoms with E-state index in [9.17, 15) is 9.50 Å². The number of halogens is 1. The minimum absolute atomic E-state index is 0.162. The van der Waals surface area contributed by atoms with Crippen LogP contribution in [-0.4, -0.2) is 17.3 Å². The Kier molecular flexibility index (Phi) is 4.48. The molecule has 0 aromatic heterocycles. The highest BCUT2D eigenvalue weighted by molar-refractivity contribution is 5.36. The van der Waals surface area contributed by atoms with Crippen molar-refractivity contribution in [2.24, 2.45) is 5.73 Å². The van der Waals surface area contributed by atoms with Gasteiger partial charge in [-0.2, -0.15) is 0 Å². The summed E-state index contributed by atoms with van der Waals surface area (Å²) in [6.45, 7) is 5.50. The first-order chi connectivity index (χ1) is 7.85.